The van der Waals surface area contributed by atoms with E-state index in [9.17, 15) is 9.90 Å². The van der Waals surface area contributed by atoms with Gasteiger partial charge in [-0.2, -0.15) is 0 Å². The average Bonchev–Trinajstić information content (AvgIpc) is 2.96. The molecule has 3 rings (SSSR count). The third-order valence-electron chi connectivity index (χ3n) is 4.34. The van der Waals surface area contributed by atoms with Gasteiger partial charge in [-0.3, -0.25) is 10.1 Å². The molecule has 2 N–H and O–H groups in total. The van der Waals surface area contributed by atoms with Crippen molar-refractivity contribution in [2.75, 3.05) is 0 Å². The normalized spacial score (nSPS) is 25.3. The molecule has 1 unspecified atom stereocenters. The number of aliphatic carboxylic acids is 1. The molecule has 1 aliphatic heterocycles. The number of carboxylic acids is 1. The van der Waals surface area contributed by atoms with Gasteiger partial charge < -0.3 is 9.67 Å². The molecule has 0 bridgehead atoms. The van der Waals surface area contributed by atoms with E-state index >= 15 is 0 Å². The summed E-state index contributed by atoms with van der Waals surface area (Å²) in [7, 11) is 0. The van der Waals surface area contributed by atoms with Crippen molar-refractivity contribution >= 4 is 5.97 Å². The Kier molecular flexibility index (Phi) is 2.66. The van der Waals surface area contributed by atoms with E-state index in [1.54, 1.807) is 0 Å². The monoisotopic (exact) mass is 249 g/mol. The molecule has 1 saturated carbocycles. The fourth-order valence-electron chi connectivity index (χ4n) is 3.45. The van der Waals surface area contributed by atoms with Gasteiger partial charge in [0.15, 0.2) is 0 Å². The van der Waals surface area contributed by atoms with Crippen molar-refractivity contribution in [3.63, 3.8) is 0 Å². The lowest BCUT2D eigenvalue weighted by molar-refractivity contribution is -0.140. The van der Waals surface area contributed by atoms with Crippen molar-refractivity contribution in [1.29, 1.82) is 0 Å². The number of carboxylic acid groups (broad SMARTS) is 1. The van der Waals surface area contributed by atoms with Crippen molar-refractivity contribution in [2.45, 2.75) is 57.2 Å². The summed E-state index contributed by atoms with van der Waals surface area (Å²) in [6.45, 7) is 2.92. The van der Waals surface area contributed by atoms with Crippen molar-refractivity contribution in [3.05, 3.63) is 17.7 Å². The summed E-state index contributed by atoms with van der Waals surface area (Å²) in [6, 6.07) is -0.474. The van der Waals surface area contributed by atoms with Gasteiger partial charge in [0.2, 0.25) is 0 Å². The van der Waals surface area contributed by atoms with Crippen LogP contribution in [0.2, 0.25) is 0 Å². The SMILES string of the molecule is CCn1cnc2c1CC(C(=O)O)NC21CCCC1. The maximum Gasteiger partial charge on any atom is 0.321 e. The number of nitrogens with zero attached hydrogens (tertiary/aromatic N) is 2. The maximum atomic E-state index is 11.3. The lowest BCUT2D eigenvalue weighted by Gasteiger charge is -2.37. The van der Waals surface area contributed by atoms with Crippen LogP contribution >= 0.6 is 0 Å². The Balaban J connectivity index is 2.07. The Morgan fingerprint density at radius 3 is 2.94 bits per heavy atom. The van der Waals surface area contributed by atoms with Crippen molar-refractivity contribution in [1.82, 2.24) is 14.9 Å². The third kappa shape index (κ3) is 1.57. The molecule has 98 valence electrons. The van der Waals surface area contributed by atoms with E-state index in [-0.39, 0.29) is 5.54 Å². The molecule has 18 heavy (non-hydrogen) atoms. The second kappa shape index (κ2) is 4.09. The van der Waals surface area contributed by atoms with E-state index < -0.39 is 12.0 Å². The zero-order valence-electron chi connectivity index (χ0n) is 10.6. The molecular formula is C13H19N3O2. The van der Waals surface area contributed by atoms with Gasteiger partial charge in [-0.1, -0.05) is 12.8 Å². The molecule has 0 amide bonds. The fourth-order valence-corrected chi connectivity index (χ4v) is 3.45. The van der Waals surface area contributed by atoms with Crippen molar-refractivity contribution in [3.8, 4) is 0 Å². The van der Waals surface area contributed by atoms with E-state index in [4.69, 9.17) is 0 Å². The van der Waals surface area contributed by atoms with Crippen molar-refractivity contribution in [2.24, 2.45) is 0 Å². The maximum absolute atomic E-state index is 11.3. The molecule has 0 aromatic carbocycles. The molecule has 1 aromatic heterocycles. The standard InChI is InChI=1S/C13H19N3O2/c1-2-16-8-14-11-10(16)7-9(12(17)18)15-13(11)5-3-4-6-13/h8-9,15H,2-7H2,1H3,(H,17,18). The highest BCUT2D eigenvalue weighted by molar-refractivity contribution is 5.74. The molecule has 1 aromatic rings. The highest BCUT2D eigenvalue weighted by Crippen LogP contribution is 2.42. The first-order valence-corrected chi connectivity index (χ1v) is 6.71. The first kappa shape index (κ1) is 11.7. The summed E-state index contributed by atoms with van der Waals surface area (Å²) in [5.74, 6) is -0.754. The van der Waals surface area contributed by atoms with E-state index in [0.29, 0.717) is 6.42 Å². The molecule has 0 radical (unpaired) electrons. The summed E-state index contributed by atoms with van der Waals surface area (Å²) >= 11 is 0. The highest BCUT2D eigenvalue weighted by Gasteiger charge is 2.46. The van der Waals surface area contributed by atoms with Crippen LogP contribution in [0.1, 0.15) is 44.0 Å². The van der Waals surface area contributed by atoms with Crippen LogP contribution < -0.4 is 5.32 Å². The molecule has 1 spiro atoms. The fraction of sp³-hybridized carbons (Fsp3) is 0.692. The van der Waals surface area contributed by atoms with Gasteiger partial charge in [0.05, 0.1) is 17.6 Å². The number of carbonyl (C=O) groups is 1. The predicted octanol–water partition coefficient (Wildman–Crippen LogP) is 1.27. The van der Waals surface area contributed by atoms with Gasteiger partial charge in [-0.05, 0) is 19.8 Å². The van der Waals surface area contributed by atoms with Gasteiger partial charge >= 0.3 is 5.97 Å². The first-order chi connectivity index (χ1) is 8.66. The molecule has 5 nitrogen and oxygen atoms in total. The molecular weight excluding hydrogens is 230 g/mol. The van der Waals surface area contributed by atoms with Gasteiger partial charge in [0.1, 0.15) is 6.04 Å². The summed E-state index contributed by atoms with van der Waals surface area (Å²) in [6.07, 6.45) is 6.71. The minimum atomic E-state index is -0.754. The van der Waals surface area contributed by atoms with Crippen LogP contribution in [-0.4, -0.2) is 26.7 Å². The zero-order chi connectivity index (χ0) is 12.8. The topological polar surface area (TPSA) is 67.2 Å². The lowest BCUT2D eigenvalue weighted by atomic mass is 9.85. The number of hydrogen-bond donors (Lipinski definition) is 2. The average molecular weight is 249 g/mol. The smallest absolute Gasteiger partial charge is 0.321 e. The van der Waals surface area contributed by atoms with Crippen LogP contribution in [0.15, 0.2) is 6.33 Å². The molecule has 0 saturated heterocycles. The Bertz CT molecular complexity index is 475. The first-order valence-electron chi connectivity index (χ1n) is 6.71. The van der Waals surface area contributed by atoms with E-state index in [1.165, 1.54) is 0 Å². The number of rotatable bonds is 2. The number of hydrogen-bond acceptors (Lipinski definition) is 3. The van der Waals surface area contributed by atoms with Gasteiger partial charge in [-0.15, -0.1) is 0 Å². The molecule has 1 atom stereocenters. The molecule has 5 heteroatoms. The van der Waals surface area contributed by atoms with E-state index in [0.717, 1.165) is 43.6 Å². The predicted molar refractivity (Wildman–Crippen MR) is 66.3 cm³/mol. The highest BCUT2D eigenvalue weighted by atomic mass is 16.4. The summed E-state index contributed by atoms with van der Waals surface area (Å²) in [5, 5.41) is 12.7. The second-order valence-corrected chi connectivity index (χ2v) is 5.35. The minimum Gasteiger partial charge on any atom is -0.480 e. The van der Waals surface area contributed by atoms with Crippen LogP contribution in [0.3, 0.4) is 0 Å². The molecule has 2 aliphatic rings. The largest absolute Gasteiger partial charge is 0.480 e. The Morgan fingerprint density at radius 1 is 1.61 bits per heavy atom. The van der Waals surface area contributed by atoms with E-state index in [2.05, 4.69) is 21.8 Å². The van der Waals surface area contributed by atoms with Crippen LogP contribution in [0.25, 0.3) is 0 Å². The van der Waals surface area contributed by atoms with Crippen molar-refractivity contribution < 1.29 is 9.90 Å². The Labute approximate surface area is 106 Å². The molecule has 2 heterocycles. The molecule has 1 aliphatic carbocycles. The van der Waals surface area contributed by atoms with Gasteiger partial charge in [0.25, 0.3) is 0 Å². The lowest BCUT2D eigenvalue weighted by Crippen LogP contribution is -2.54. The molecule has 1 fully saturated rings. The Hall–Kier alpha value is -1.36. The van der Waals surface area contributed by atoms with Crippen LogP contribution in [0, 0.1) is 0 Å². The second-order valence-electron chi connectivity index (χ2n) is 5.35. The number of imidazole rings is 1. The minimum absolute atomic E-state index is 0.183. The van der Waals surface area contributed by atoms with Crippen LogP contribution in [0.5, 0.6) is 0 Å². The number of aromatic nitrogens is 2. The van der Waals surface area contributed by atoms with Crippen LogP contribution in [0.4, 0.5) is 0 Å². The zero-order valence-corrected chi connectivity index (χ0v) is 10.6. The van der Waals surface area contributed by atoms with E-state index in [1.807, 2.05) is 6.33 Å². The summed E-state index contributed by atoms with van der Waals surface area (Å²) in [5.41, 5.74) is 2.03. The summed E-state index contributed by atoms with van der Waals surface area (Å²) in [4.78, 5) is 15.9. The quantitative estimate of drug-likeness (QED) is 0.828. The van der Waals surface area contributed by atoms with Gasteiger partial charge in [0, 0.05) is 18.7 Å². The van der Waals surface area contributed by atoms with Gasteiger partial charge in [-0.25, -0.2) is 4.98 Å². The number of aryl methyl sites for hydroxylation is 1. The van der Waals surface area contributed by atoms with Crippen LogP contribution in [-0.2, 0) is 23.3 Å². The number of nitrogens with one attached hydrogen (secondary N) is 1. The number of fused-ring (bicyclic) bond motifs is 2. The third-order valence-corrected chi connectivity index (χ3v) is 4.34. The Morgan fingerprint density at radius 2 is 2.33 bits per heavy atom. The summed E-state index contributed by atoms with van der Waals surface area (Å²) < 4.78 is 2.09.